The van der Waals surface area contributed by atoms with Gasteiger partial charge in [0.1, 0.15) is 0 Å². The predicted molar refractivity (Wildman–Crippen MR) is 73.2 cm³/mol. The van der Waals surface area contributed by atoms with Crippen molar-refractivity contribution in [2.75, 3.05) is 0 Å². The topological polar surface area (TPSA) is 20.2 Å². The van der Waals surface area contributed by atoms with Crippen LogP contribution in [0.25, 0.3) is 0 Å². The maximum atomic E-state index is 11.4. The maximum absolute atomic E-state index is 11.4. The molecule has 5 rings (SSSR count). The minimum absolute atomic E-state index is 0.316. The molecule has 0 amide bonds. The van der Waals surface area contributed by atoms with Crippen molar-refractivity contribution in [3.05, 3.63) is 0 Å². The molecule has 0 spiro atoms. The summed E-state index contributed by atoms with van der Waals surface area (Å²) in [5.41, 5.74) is -0.0454. The summed E-state index contributed by atoms with van der Waals surface area (Å²) >= 11 is 0. The highest BCUT2D eigenvalue weighted by Crippen LogP contribution is 2.65. The largest absolute Gasteiger partial charge is 0.389 e. The Morgan fingerprint density at radius 1 is 0.889 bits per heavy atom. The summed E-state index contributed by atoms with van der Waals surface area (Å²) in [4.78, 5) is 0. The van der Waals surface area contributed by atoms with E-state index in [1.54, 1.807) is 0 Å². The van der Waals surface area contributed by atoms with Crippen LogP contribution in [0.1, 0.15) is 71.1 Å². The molecule has 5 saturated carbocycles. The molecular weight excluding hydrogens is 220 g/mol. The van der Waals surface area contributed by atoms with E-state index in [-0.39, 0.29) is 5.60 Å². The lowest BCUT2D eigenvalue weighted by Crippen LogP contribution is -2.59. The smallest absolute Gasteiger partial charge is 0.0704 e. The maximum Gasteiger partial charge on any atom is 0.0704 e. The van der Waals surface area contributed by atoms with Gasteiger partial charge in [-0.3, -0.25) is 0 Å². The number of rotatable bonds is 2. The summed E-state index contributed by atoms with van der Waals surface area (Å²) in [7, 11) is 0. The van der Waals surface area contributed by atoms with E-state index >= 15 is 0 Å². The second-order valence-electron chi connectivity index (χ2n) is 8.33. The van der Waals surface area contributed by atoms with Crippen molar-refractivity contribution in [3.8, 4) is 0 Å². The highest BCUT2D eigenvalue weighted by atomic mass is 16.3. The van der Waals surface area contributed by atoms with E-state index in [4.69, 9.17) is 0 Å². The molecule has 1 N–H and O–H groups in total. The molecule has 1 unspecified atom stereocenters. The van der Waals surface area contributed by atoms with Gasteiger partial charge in [0.25, 0.3) is 0 Å². The Morgan fingerprint density at radius 2 is 1.33 bits per heavy atom. The molecule has 1 nitrogen and oxygen atoms in total. The van der Waals surface area contributed by atoms with Gasteiger partial charge in [-0.25, -0.2) is 0 Å². The van der Waals surface area contributed by atoms with Gasteiger partial charge in [0.05, 0.1) is 5.60 Å². The average Bonchev–Trinajstić information content (AvgIpc) is 2.80. The molecule has 0 aromatic heterocycles. The molecule has 0 saturated heterocycles. The standard InChI is InChI=1S/C17H28O/c1-16(18,15-4-2-3-5-15)17-9-12-6-13(10-17)8-14(7-12)11-17/h12-15,18H,2-11H2,1H3. The quantitative estimate of drug-likeness (QED) is 0.778. The third-order valence-electron chi connectivity index (χ3n) is 7.26. The molecule has 0 radical (unpaired) electrons. The van der Waals surface area contributed by atoms with E-state index < -0.39 is 0 Å². The van der Waals surface area contributed by atoms with Crippen LogP contribution >= 0.6 is 0 Å². The molecule has 0 heterocycles. The monoisotopic (exact) mass is 248 g/mol. The molecule has 0 aromatic carbocycles. The van der Waals surface area contributed by atoms with Gasteiger partial charge in [-0.1, -0.05) is 12.8 Å². The molecule has 0 aromatic rings. The molecule has 5 aliphatic carbocycles. The average molecular weight is 248 g/mol. The zero-order valence-corrected chi connectivity index (χ0v) is 11.8. The van der Waals surface area contributed by atoms with Crippen LogP contribution in [0.2, 0.25) is 0 Å². The summed E-state index contributed by atoms with van der Waals surface area (Å²) in [5.74, 6) is 3.49. The molecule has 5 fully saturated rings. The van der Waals surface area contributed by atoms with Gasteiger partial charge >= 0.3 is 0 Å². The van der Waals surface area contributed by atoms with Gasteiger partial charge in [0, 0.05) is 0 Å². The van der Waals surface area contributed by atoms with Crippen molar-refractivity contribution in [2.24, 2.45) is 29.1 Å². The summed E-state index contributed by atoms with van der Waals surface area (Å²) in [6.07, 6.45) is 13.8. The van der Waals surface area contributed by atoms with Crippen LogP contribution in [-0.2, 0) is 0 Å². The summed E-state index contributed by atoms with van der Waals surface area (Å²) in [6.45, 7) is 2.22. The first-order valence-electron chi connectivity index (χ1n) is 8.31. The van der Waals surface area contributed by atoms with E-state index in [1.807, 2.05) is 0 Å². The van der Waals surface area contributed by atoms with E-state index in [1.165, 1.54) is 64.2 Å². The van der Waals surface area contributed by atoms with Crippen LogP contribution in [-0.4, -0.2) is 10.7 Å². The number of hydrogen-bond donors (Lipinski definition) is 1. The SMILES string of the molecule is CC(O)(C1CCCC1)C12CC3CC(CC(C3)C1)C2. The van der Waals surface area contributed by atoms with Crippen molar-refractivity contribution in [1.29, 1.82) is 0 Å². The predicted octanol–water partition coefficient (Wildman–Crippen LogP) is 4.14. The van der Waals surface area contributed by atoms with Crippen molar-refractivity contribution >= 4 is 0 Å². The fourth-order valence-electron chi connectivity index (χ4n) is 6.65. The lowest BCUT2D eigenvalue weighted by Gasteiger charge is -2.63. The van der Waals surface area contributed by atoms with Gasteiger partial charge in [0.2, 0.25) is 0 Å². The number of aliphatic hydroxyl groups is 1. The Labute approximate surface area is 111 Å². The van der Waals surface area contributed by atoms with E-state index in [0.717, 1.165) is 17.8 Å². The molecular formula is C17H28O. The van der Waals surface area contributed by atoms with Crippen molar-refractivity contribution in [3.63, 3.8) is 0 Å². The van der Waals surface area contributed by atoms with Crippen LogP contribution in [0, 0.1) is 29.1 Å². The van der Waals surface area contributed by atoms with Gasteiger partial charge in [0.15, 0.2) is 0 Å². The molecule has 5 aliphatic rings. The minimum Gasteiger partial charge on any atom is -0.389 e. The van der Waals surface area contributed by atoms with Crippen molar-refractivity contribution < 1.29 is 5.11 Å². The molecule has 18 heavy (non-hydrogen) atoms. The van der Waals surface area contributed by atoms with Crippen LogP contribution < -0.4 is 0 Å². The molecule has 1 heteroatoms. The van der Waals surface area contributed by atoms with Gasteiger partial charge in [-0.15, -0.1) is 0 Å². The second-order valence-corrected chi connectivity index (χ2v) is 8.33. The van der Waals surface area contributed by atoms with Crippen molar-refractivity contribution in [2.45, 2.75) is 76.7 Å². The fourth-order valence-corrected chi connectivity index (χ4v) is 6.65. The fraction of sp³-hybridized carbons (Fsp3) is 1.00. The van der Waals surface area contributed by atoms with E-state index in [0.29, 0.717) is 11.3 Å². The van der Waals surface area contributed by atoms with Crippen LogP contribution in [0.15, 0.2) is 0 Å². The van der Waals surface area contributed by atoms with Gasteiger partial charge < -0.3 is 5.11 Å². The highest BCUT2D eigenvalue weighted by molar-refractivity contribution is 5.10. The number of hydrogen-bond acceptors (Lipinski definition) is 1. The van der Waals surface area contributed by atoms with Crippen LogP contribution in [0.4, 0.5) is 0 Å². The molecule has 0 aliphatic heterocycles. The summed E-state index contributed by atoms with van der Waals surface area (Å²) in [5, 5.41) is 11.4. The Hall–Kier alpha value is -0.0400. The third kappa shape index (κ3) is 1.49. The lowest BCUT2D eigenvalue weighted by atomic mass is 9.44. The van der Waals surface area contributed by atoms with Crippen molar-refractivity contribution in [1.82, 2.24) is 0 Å². The third-order valence-corrected chi connectivity index (χ3v) is 7.26. The van der Waals surface area contributed by atoms with Crippen LogP contribution in [0.5, 0.6) is 0 Å². The van der Waals surface area contributed by atoms with Gasteiger partial charge in [-0.05, 0) is 87.4 Å². The lowest BCUT2D eigenvalue weighted by molar-refractivity contribution is -0.193. The van der Waals surface area contributed by atoms with E-state index in [9.17, 15) is 5.11 Å². The first-order chi connectivity index (χ1) is 8.59. The Balaban J connectivity index is 1.66. The second kappa shape index (κ2) is 3.75. The van der Waals surface area contributed by atoms with Gasteiger partial charge in [-0.2, -0.15) is 0 Å². The van der Waals surface area contributed by atoms with Crippen LogP contribution in [0.3, 0.4) is 0 Å². The zero-order chi connectivity index (χ0) is 12.4. The Kier molecular flexibility index (Phi) is 2.45. The summed E-state index contributed by atoms with van der Waals surface area (Å²) < 4.78 is 0. The first-order valence-corrected chi connectivity index (χ1v) is 8.31. The summed E-state index contributed by atoms with van der Waals surface area (Å²) in [6, 6.07) is 0. The first kappa shape index (κ1) is 11.8. The van der Waals surface area contributed by atoms with E-state index in [2.05, 4.69) is 6.92 Å². The zero-order valence-electron chi connectivity index (χ0n) is 11.8. The highest BCUT2D eigenvalue weighted by Gasteiger charge is 2.60. The molecule has 1 atom stereocenters. The Bertz CT molecular complexity index is 302. The Morgan fingerprint density at radius 3 is 1.78 bits per heavy atom. The minimum atomic E-state index is -0.362. The molecule has 4 bridgehead atoms. The molecule has 102 valence electrons. The normalized spacial score (nSPS) is 50.7.